The van der Waals surface area contributed by atoms with Crippen molar-refractivity contribution < 1.29 is 9.53 Å². The van der Waals surface area contributed by atoms with Crippen molar-refractivity contribution in [3.05, 3.63) is 0 Å². The smallest absolute Gasteiger partial charge is 0.240 e. The van der Waals surface area contributed by atoms with Gasteiger partial charge in [0.1, 0.15) is 0 Å². The summed E-state index contributed by atoms with van der Waals surface area (Å²) in [6.07, 6.45) is 4.90. The number of hydrogen-bond acceptors (Lipinski definition) is 3. The molecule has 2 aliphatic heterocycles. The fourth-order valence-electron chi connectivity index (χ4n) is 2.58. The quantitative estimate of drug-likeness (QED) is 0.784. The third-order valence-electron chi connectivity index (χ3n) is 3.53. The van der Waals surface area contributed by atoms with Gasteiger partial charge in [-0.3, -0.25) is 10.1 Å². The zero-order valence-corrected chi connectivity index (χ0v) is 10.2. The minimum atomic E-state index is -0.0338. The molecule has 4 heteroatoms. The molecule has 2 aliphatic rings. The van der Waals surface area contributed by atoms with Gasteiger partial charge in [-0.05, 0) is 32.6 Å². The Morgan fingerprint density at radius 1 is 1.50 bits per heavy atom. The first-order valence-electron chi connectivity index (χ1n) is 6.40. The van der Waals surface area contributed by atoms with Crippen LogP contribution in [0.5, 0.6) is 0 Å². The summed E-state index contributed by atoms with van der Waals surface area (Å²) in [5.41, 5.74) is 0. The van der Waals surface area contributed by atoms with E-state index in [1.807, 2.05) is 11.8 Å². The molecule has 0 aromatic carbocycles. The number of ether oxygens (including phenoxy) is 1. The SMILES string of the molecule is CCC1NC(C)C(=O)N1CC1CCCCO1. The van der Waals surface area contributed by atoms with Gasteiger partial charge >= 0.3 is 0 Å². The van der Waals surface area contributed by atoms with Gasteiger partial charge in [-0.15, -0.1) is 0 Å². The van der Waals surface area contributed by atoms with Crippen LogP contribution in [0, 0.1) is 0 Å². The van der Waals surface area contributed by atoms with Gasteiger partial charge in [0.25, 0.3) is 0 Å². The van der Waals surface area contributed by atoms with Crippen LogP contribution in [0.3, 0.4) is 0 Å². The average molecular weight is 226 g/mol. The van der Waals surface area contributed by atoms with Crippen LogP contribution < -0.4 is 5.32 Å². The fraction of sp³-hybridized carbons (Fsp3) is 0.917. The molecule has 1 amide bonds. The summed E-state index contributed by atoms with van der Waals surface area (Å²) >= 11 is 0. The van der Waals surface area contributed by atoms with E-state index < -0.39 is 0 Å². The zero-order chi connectivity index (χ0) is 11.5. The molecule has 0 saturated carbocycles. The van der Waals surface area contributed by atoms with E-state index in [2.05, 4.69) is 12.2 Å². The minimum absolute atomic E-state index is 0.0338. The van der Waals surface area contributed by atoms with E-state index in [-0.39, 0.29) is 24.2 Å². The first kappa shape index (κ1) is 11.9. The lowest BCUT2D eigenvalue weighted by Gasteiger charge is -2.30. The van der Waals surface area contributed by atoms with E-state index in [1.165, 1.54) is 6.42 Å². The monoisotopic (exact) mass is 226 g/mol. The van der Waals surface area contributed by atoms with Crippen molar-refractivity contribution in [1.29, 1.82) is 0 Å². The number of amides is 1. The predicted molar refractivity (Wildman–Crippen MR) is 62.0 cm³/mol. The van der Waals surface area contributed by atoms with Crippen LogP contribution in [0.15, 0.2) is 0 Å². The largest absolute Gasteiger partial charge is 0.376 e. The molecule has 2 saturated heterocycles. The minimum Gasteiger partial charge on any atom is -0.376 e. The highest BCUT2D eigenvalue weighted by molar-refractivity contribution is 5.83. The van der Waals surface area contributed by atoms with E-state index in [1.54, 1.807) is 0 Å². The molecule has 0 bridgehead atoms. The first-order chi connectivity index (χ1) is 7.72. The number of carbonyl (C=O) groups is 1. The van der Waals surface area contributed by atoms with Gasteiger partial charge in [0.15, 0.2) is 0 Å². The second-order valence-electron chi connectivity index (χ2n) is 4.79. The number of hydrogen-bond donors (Lipinski definition) is 1. The van der Waals surface area contributed by atoms with E-state index in [0.29, 0.717) is 0 Å². The van der Waals surface area contributed by atoms with Crippen molar-refractivity contribution in [2.75, 3.05) is 13.2 Å². The maximum atomic E-state index is 12.0. The molecule has 3 unspecified atom stereocenters. The summed E-state index contributed by atoms with van der Waals surface area (Å²) in [7, 11) is 0. The molecule has 0 spiro atoms. The molecule has 0 aromatic rings. The van der Waals surface area contributed by atoms with Gasteiger partial charge in [0.05, 0.1) is 18.3 Å². The maximum absolute atomic E-state index is 12.0. The second kappa shape index (κ2) is 5.15. The summed E-state index contributed by atoms with van der Waals surface area (Å²) in [5, 5.41) is 3.31. The third kappa shape index (κ3) is 2.38. The van der Waals surface area contributed by atoms with E-state index >= 15 is 0 Å². The average Bonchev–Trinajstić information content (AvgIpc) is 2.58. The highest BCUT2D eigenvalue weighted by atomic mass is 16.5. The lowest BCUT2D eigenvalue weighted by Crippen LogP contribution is -2.43. The molecule has 0 aromatic heterocycles. The summed E-state index contributed by atoms with van der Waals surface area (Å²) in [5.74, 6) is 0.223. The molecule has 16 heavy (non-hydrogen) atoms. The third-order valence-corrected chi connectivity index (χ3v) is 3.53. The first-order valence-corrected chi connectivity index (χ1v) is 6.40. The molecule has 2 heterocycles. The number of nitrogens with zero attached hydrogens (tertiary/aromatic N) is 1. The Hall–Kier alpha value is -0.610. The summed E-state index contributed by atoms with van der Waals surface area (Å²) in [6, 6.07) is -0.0338. The zero-order valence-electron chi connectivity index (χ0n) is 10.2. The van der Waals surface area contributed by atoms with Crippen molar-refractivity contribution in [3.63, 3.8) is 0 Å². The topological polar surface area (TPSA) is 41.6 Å². The van der Waals surface area contributed by atoms with Crippen LogP contribution in [-0.4, -0.2) is 42.3 Å². The van der Waals surface area contributed by atoms with Crippen LogP contribution in [0.25, 0.3) is 0 Å². The molecular formula is C12H22N2O2. The van der Waals surface area contributed by atoms with E-state index in [4.69, 9.17) is 4.74 Å². The lowest BCUT2D eigenvalue weighted by atomic mass is 10.1. The lowest BCUT2D eigenvalue weighted by molar-refractivity contribution is -0.132. The molecule has 92 valence electrons. The van der Waals surface area contributed by atoms with Crippen molar-refractivity contribution >= 4 is 5.91 Å². The molecule has 4 nitrogen and oxygen atoms in total. The van der Waals surface area contributed by atoms with Crippen molar-refractivity contribution in [1.82, 2.24) is 10.2 Å². The van der Waals surface area contributed by atoms with Crippen molar-refractivity contribution in [2.24, 2.45) is 0 Å². The van der Waals surface area contributed by atoms with Crippen LogP contribution >= 0.6 is 0 Å². The van der Waals surface area contributed by atoms with Gasteiger partial charge < -0.3 is 9.64 Å². The highest BCUT2D eigenvalue weighted by Gasteiger charge is 2.36. The Labute approximate surface area is 97.3 Å². The molecule has 0 aliphatic carbocycles. The van der Waals surface area contributed by atoms with Gasteiger partial charge in [-0.1, -0.05) is 6.92 Å². The normalized spacial score (nSPS) is 35.8. The van der Waals surface area contributed by atoms with Gasteiger partial charge in [0, 0.05) is 13.2 Å². The van der Waals surface area contributed by atoms with Crippen LogP contribution in [0.2, 0.25) is 0 Å². The molecule has 2 rings (SSSR count). The Morgan fingerprint density at radius 2 is 2.31 bits per heavy atom. The molecule has 1 N–H and O–H groups in total. The van der Waals surface area contributed by atoms with Gasteiger partial charge in [-0.2, -0.15) is 0 Å². The number of nitrogens with one attached hydrogen (secondary N) is 1. The second-order valence-corrected chi connectivity index (χ2v) is 4.79. The molecular weight excluding hydrogens is 204 g/mol. The Balaban J connectivity index is 1.93. The number of carbonyl (C=O) groups excluding carboxylic acids is 1. The summed E-state index contributed by atoms with van der Waals surface area (Å²) < 4.78 is 5.69. The Kier molecular flexibility index (Phi) is 3.82. The number of rotatable bonds is 3. The van der Waals surface area contributed by atoms with Crippen LogP contribution in [-0.2, 0) is 9.53 Å². The molecule has 0 radical (unpaired) electrons. The van der Waals surface area contributed by atoms with Gasteiger partial charge in [0.2, 0.25) is 5.91 Å². The highest BCUT2D eigenvalue weighted by Crippen LogP contribution is 2.19. The van der Waals surface area contributed by atoms with Gasteiger partial charge in [-0.25, -0.2) is 0 Å². The predicted octanol–water partition coefficient (Wildman–Crippen LogP) is 1.11. The van der Waals surface area contributed by atoms with Crippen molar-refractivity contribution in [3.8, 4) is 0 Å². The van der Waals surface area contributed by atoms with E-state index in [0.717, 1.165) is 32.4 Å². The van der Waals surface area contributed by atoms with Crippen molar-refractivity contribution in [2.45, 2.75) is 57.8 Å². The molecule has 2 fully saturated rings. The standard InChI is InChI=1S/C12H22N2O2/c1-3-11-13-9(2)12(15)14(11)8-10-6-4-5-7-16-10/h9-11,13H,3-8H2,1-2H3. The fourth-order valence-corrected chi connectivity index (χ4v) is 2.58. The van der Waals surface area contributed by atoms with E-state index in [9.17, 15) is 4.79 Å². The van der Waals surface area contributed by atoms with Crippen LogP contribution in [0.4, 0.5) is 0 Å². The summed E-state index contributed by atoms with van der Waals surface area (Å²) in [4.78, 5) is 13.9. The van der Waals surface area contributed by atoms with Crippen LogP contribution in [0.1, 0.15) is 39.5 Å². The summed E-state index contributed by atoms with van der Waals surface area (Å²) in [6.45, 7) is 5.66. The molecule has 3 atom stereocenters. The Morgan fingerprint density at radius 3 is 2.94 bits per heavy atom. The maximum Gasteiger partial charge on any atom is 0.240 e. The Bertz CT molecular complexity index is 251.